The van der Waals surface area contributed by atoms with E-state index in [0.717, 1.165) is 31.9 Å². The lowest BCUT2D eigenvalue weighted by atomic mass is 9.86. The maximum absolute atomic E-state index is 12.2. The number of hydrogen-bond donors (Lipinski definition) is 2. The Kier molecular flexibility index (Phi) is 4.78. The molecule has 4 nitrogen and oxygen atoms in total. The van der Waals surface area contributed by atoms with Gasteiger partial charge in [-0.25, -0.2) is 0 Å². The summed E-state index contributed by atoms with van der Waals surface area (Å²) < 4.78 is 0. The van der Waals surface area contributed by atoms with Crippen LogP contribution in [-0.4, -0.2) is 43.5 Å². The molecule has 0 spiro atoms. The van der Waals surface area contributed by atoms with Gasteiger partial charge in [-0.1, -0.05) is 39.0 Å². The second kappa shape index (κ2) is 6.37. The maximum atomic E-state index is 12.2. The lowest BCUT2D eigenvalue weighted by molar-refractivity contribution is -0.117. The Hall–Kier alpha value is -1.39. The van der Waals surface area contributed by atoms with Crippen molar-refractivity contribution in [1.82, 2.24) is 10.2 Å². The monoisotopic (exact) mass is 275 g/mol. The van der Waals surface area contributed by atoms with Crippen molar-refractivity contribution in [3.05, 3.63) is 29.8 Å². The zero-order chi connectivity index (χ0) is 14.6. The number of piperazine rings is 1. The number of amides is 1. The summed E-state index contributed by atoms with van der Waals surface area (Å²) in [6.07, 6.45) is 0. The van der Waals surface area contributed by atoms with Gasteiger partial charge in [0.25, 0.3) is 0 Å². The first-order valence-electron chi connectivity index (χ1n) is 7.29. The Labute approximate surface area is 121 Å². The number of hydrogen-bond acceptors (Lipinski definition) is 3. The molecule has 0 radical (unpaired) electrons. The van der Waals surface area contributed by atoms with Gasteiger partial charge in [0.15, 0.2) is 0 Å². The Bertz CT molecular complexity index is 459. The Morgan fingerprint density at radius 2 is 1.90 bits per heavy atom. The fourth-order valence-corrected chi connectivity index (χ4v) is 2.51. The summed E-state index contributed by atoms with van der Waals surface area (Å²) in [6, 6.07) is 8.05. The van der Waals surface area contributed by atoms with Crippen molar-refractivity contribution in [2.24, 2.45) is 0 Å². The molecule has 20 heavy (non-hydrogen) atoms. The molecule has 0 aliphatic carbocycles. The molecule has 1 aliphatic rings. The minimum Gasteiger partial charge on any atom is -0.325 e. The van der Waals surface area contributed by atoms with Gasteiger partial charge < -0.3 is 10.6 Å². The van der Waals surface area contributed by atoms with Crippen LogP contribution in [0, 0.1) is 0 Å². The van der Waals surface area contributed by atoms with E-state index < -0.39 is 0 Å². The first-order chi connectivity index (χ1) is 9.47. The molecule has 1 aromatic carbocycles. The molecular formula is C16H25N3O. The van der Waals surface area contributed by atoms with Crippen LogP contribution in [0.3, 0.4) is 0 Å². The Morgan fingerprint density at radius 1 is 1.25 bits per heavy atom. The van der Waals surface area contributed by atoms with Crippen LogP contribution >= 0.6 is 0 Å². The average Bonchev–Trinajstić information content (AvgIpc) is 2.39. The van der Waals surface area contributed by atoms with Crippen LogP contribution in [0.15, 0.2) is 24.3 Å². The van der Waals surface area contributed by atoms with E-state index in [1.54, 1.807) is 0 Å². The van der Waals surface area contributed by atoms with Crippen molar-refractivity contribution in [3.63, 3.8) is 0 Å². The van der Waals surface area contributed by atoms with Gasteiger partial charge in [0.2, 0.25) is 5.91 Å². The highest BCUT2D eigenvalue weighted by Gasteiger charge is 2.19. The third-order valence-corrected chi connectivity index (χ3v) is 3.59. The maximum Gasteiger partial charge on any atom is 0.238 e. The fourth-order valence-electron chi connectivity index (χ4n) is 2.51. The van der Waals surface area contributed by atoms with E-state index in [0.29, 0.717) is 6.54 Å². The molecule has 2 rings (SSSR count). The van der Waals surface area contributed by atoms with Crippen LogP contribution in [0.5, 0.6) is 0 Å². The number of nitrogens with zero attached hydrogens (tertiary/aromatic N) is 1. The zero-order valence-corrected chi connectivity index (χ0v) is 12.7. The van der Waals surface area contributed by atoms with Gasteiger partial charge >= 0.3 is 0 Å². The van der Waals surface area contributed by atoms with Crippen molar-refractivity contribution in [3.8, 4) is 0 Å². The predicted molar refractivity (Wildman–Crippen MR) is 83.1 cm³/mol. The van der Waals surface area contributed by atoms with E-state index in [-0.39, 0.29) is 11.3 Å². The van der Waals surface area contributed by atoms with E-state index in [1.165, 1.54) is 5.56 Å². The molecule has 0 atom stereocenters. The molecule has 1 aliphatic heterocycles. The van der Waals surface area contributed by atoms with Crippen LogP contribution in [0.2, 0.25) is 0 Å². The fraction of sp³-hybridized carbons (Fsp3) is 0.562. The van der Waals surface area contributed by atoms with Crippen LogP contribution in [0.4, 0.5) is 5.69 Å². The van der Waals surface area contributed by atoms with Crippen molar-refractivity contribution >= 4 is 11.6 Å². The van der Waals surface area contributed by atoms with Crippen LogP contribution in [0.25, 0.3) is 0 Å². The number of benzene rings is 1. The van der Waals surface area contributed by atoms with Gasteiger partial charge in [-0.3, -0.25) is 9.69 Å². The molecule has 1 aromatic rings. The van der Waals surface area contributed by atoms with Crippen molar-refractivity contribution in [2.75, 3.05) is 38.0 Å². The Morgan fingerprint density at radius 3 is 2.55 bits per heavy atom. The molecular weight excluding hydrogens is 250 g/mol. The van der Waals surface area contributed by atoms with Gasteiger partial charge in [0.1, 0.15) is 0 Å². The molecule has 0 bridgehead atoms. The summed E-state index contributed by atoms with van der Waals surface area (Å²) in [5.74, 6) is 0.0728. The van der Waals surface area contributed by atoms with E-state index in [1.807, 2.05) is 18.2 Å². The lowest BCUT2D eigenvalue weighted by Crippen LogP contribution is -2.46. The lowest BCUT2D eigenvalue weighted by Gasteiger charge is -2.27. The van der Waals surface area contributed by atoms with E-state index >= 15 is 0 Å². The summed E-state index contributed by atoms with van der Waals surface area (Å²) >= 11 is 0. The van der Waals surface area contributed by atoms with Crippen molar-refractivity contribution in [2.45, 2.75) is 26.2 Å². The number of carbonyl (C=O) groups excluding carboxylic acids is 1. The van der Waals surface area contributed by atoms with Gasteiger partial charge in [-0.05, 0) is 17.0 Å². The Balaban J connectivity index is 2.00. The number of para-hydroxylation sites is 1. The third-order valence-electron chi connectivity index (χ3n) is 3.59. The summed E-state index contributed by atoms with van der Waals surface area (Å²) in [5, 5.41) is 6.36. The largest absolute Gasteiger partial charge is 0.325 e. The summed E-state index contributed by atoms with van der Waals surface area (Å²) in [6.45, 7) is 10.8. The topological polar surface area (TPSA) is 44.4 Å². The molecule has 1 amide bonds. The number of anilines is 1. The van der Waals surface area contributed by atoms with E-state index in [2.05, 4.69) is 42.4 Å². The highest BCUT2D eigenvalue weighted by molar-refractivity contribution is 5.93. The number of nitrogens with one attached hydrogen (secondary N) is 2. The molecule has 1 heterocycles. The minimum absolute atomic E-state index is 0.0267. The van der Waals surface area contributed by atoms with Gasteiger partial charge in [0.05, 0.1) is 6.54 Å². The van der Waals surface area contributed by atoms with Gasteiger partial charge in [0, 0.05) is 31.9 Å². The molecule has 0 unspecified atom stereocenters. The van der Waals surface area contributed by atoms with Crippen molar-refractivity contribution in [1.29, 1.82) is 0 Å². The zero-order valence-electron chi connectivity index (χ0n) is 12.7. The quantitative estimate of drug-likeness (QED) is 0.884. The molecule has 2 N–H and O–H groups in total. The molecule has 0 saturated carbocycles. The van der Waals surface area contributed by atoms with Gasteiger partial charge in [-0.15, -0.1) is 0 Å². The number of carbonyl (C=O) groups is 1. The highest BCUT2D eigenvalue weighted by Crippen LogP contribution is 2.29. The minimum atomic E-state index is 0.0267. The second-order valence-corrected chi connectivity index (χ2v) is 6.37. The smallest absolute Gasteiger partial charge is 0.238 e. The molecule has 1 fully saturated rings. The third kappa shape index (κ3) is 4.05. The molecule has 1 saturated heterocycles. The van der Waals surface area contributed by atoms with Crippen molar-refractivity contribution < 1.29 is 4.79 Å². The molecule has 110 valence electrons. The van der Waals surface area contributed by atoms with E-state index in [9.17, 15) is 4.79 Å². The SMILES string of the molecule is CC(C)(C)c1ccccc1NC(=O)CN1CCNCC1. The molecule has 4 heteroatoms. The summed E-state index contributed by atoms with van der Waals surface area (Å²) in [5.41, 5.74) is 2.13. The number of rotatable bonds is 3. The summed E-state index contributed by atoms with van der Waals surface area (Å²) in [7, 11) is 0. The predicted octanol–water partition coefficient (Wildman–Crippen LogP) is 1.83. The first-order valence-corrected chi connectivity index (χ1v) is 7.29. The van der Waals surface area contributed by atoms with Gasteiger partial charge in [-0.2, -0.15) is 0 Å². The average molecular weight is 275 g/mol. The summed E-state index contributed by atoms with van der Waals surface area (Å²) in [4.78, 5) is 14.4. The highest BCUT2D eigenvalue weighted by atomic mass is 16.2. The second-order valence-electron chi connectivity index (χ2n) is 6.37. The van der Waals surface area contributed by atoms with Crippen LogP contribution in [0.1, 0.15) is 26.3 Å². The van der Waals surface area contributed by atoms with Crippen LogP contribution in [-0.2, 0) is 10.2 Å². The standard InChI is InChI=1S/C16H25N3O/c1-16(2,3)13-6-4-5-7-14(13)18-15(20)12-19-10-8-17-9-11-19/h4-7,17H,8-12H2,1-3H3,(H,18,20). The first kappa shape index (κ1) is 15.0. The van der Waals surface area contributed by atoms with E-state index in [4.69, 9.17) is 0 Å². The molecule has 0 aromatic heterocycles. The van der Waals surface area contributed by atoms with Crippen LogP contribution < -0.4 is 10.6 Å². The normalized spacial score (nSPS) is 16.9.